The number of fused-ring (bicyclic) bond motifs is 5. The highest BCUT2D eigenvalue weighted by atomic mass is 16.5. The van der Waals surface area contributed by atoms with Gasteiger partial charge in [0.2, 0.25) is 0 Å². The number of rotatable bonds is 5. The van der Waals surface area contributed by atoms with Gasteiger partial charge in [0.15, 0.2) is 5.70 Å². The lowest BCUT2D eigenvalue weighted by Crippen LogP contribution is -2.52. The van der Waals surface area contributed by atoms with Crippen LogP contribution in [0, 0.1) is 12.8 Å². The summed E-state index contributed by atoms with van der Waals surface area (Å²) >= 11 is 0. The lowest BCUT2D eigenvalue weighted by atomic mass is 9.80. The van der Waals surface area contributed by atoms with Crippen molar-refractivity contribution >= 4 is 28.9 Å². The second kappa shape index (κ2) is 12.5. The van der Waals surface area contributed by atoms with Crippen LogP contribution in [0.2, 0.25) is 0 Å². The smallest absolute Gasteiger partial charge is 0.255 e. The SMILES string of the molecule is Cc1cnc(C[N+]23CC(C(=O)N4CCC(N5CCOCC5)CC4)=Cc4ccccc4C2=C(C2CCCCC2)c2ccccc23)cn1. The average molecular weight is 617 g/mol. The highest BCUT2D eigenvalue weighted by Crippen LogP contribution is 2.56. The second-order valence-corrected chi connectivity index (χ2v) is 14.0. The minimum Gasteiger partial charge on any atom is -0.379 e. The molecule has 0 bridgehead atoms. The molecule has 1 unspecified atom stereocenters. The van der Waals surface area contributed by atoms with Crippen LogP contribution in [0.15, 0.2) is 66.5 Å². The van der Waals surface area contributed by atoms with Gasteiger partial charge in [-0.25, -0.2) is 4.48 Å². The molecular weight excluding hydrogens is 570 g/mol. The number of morpholine rings is 1. The summed E-state index contributed by atoms with van der Waals surface area (Å²) < 4.78 is 6.19. The maximum atomic E-state index is 14.7. The Hall–Kier alpha value is -3.65. The lowest BCUT2D eigenvalue weighted by molar-refractivity contribution is -0.129. The zero-order valence-electron chi connectivity index (χ0n) is 27.2. The number of amides is 1. The molecule has 3 fully saturated rings. The molecule has 1 aromatic heterocycles. The Morgan fingerprint density at radius 2 is 1.61 bits per heavy atom. The van der Waals surface area contributed by atoms with Crippen LogP contribution in [-0.2, 0) is 16.1 Å². The number of quaternary nitrogens is 1. The van der Waals surface area contributed by atoms with Crippen molar-refractivity contribution in [2.45, 2.75) is 64.5 Å². The molecule has 1 amide bonds. The van der Waals surface area contributed by atoms with Crippen LogP contribution in [0.1, 0.15) is 73.0 Å². The third kappa shape index (κ3) is 5.32. The van der Waals surface area contributed by atoms with E-state index in [4.69, 9.17) is 9.72 Å². The van der Waals surface area contributed by atoms with E-state index in [2.05, 4.69) is 69.4 Å². The van der Waals surface area contributed by atoms with Crippen LogP contribution in [0.4, 0.5) is 5.69 Å². The Morgan fingerprint density at radius 3 is 2.37 bits per heavy atom. The Morgan fingerprint density at radius 1 is 0.870 bits per heavy atom. The van der Waals surface area contributed by atoms with E-state index in [1.807, 2.05) is 19.3 Å². The molecule has 4 aliphatic heterocycles. The van der Waals surface area contributed by atoms with Gasteiger partial charge in [-0.1, -0.05) is 49.6 Å². The molecule has 1 aliphatic carbocycles. The molecule has 1 atom stereocenters. The van der Waals surface area contributed by atoms with Gasteiger partial charge in [-0.05, 0) is 62.3 Å². The van der Waals surface area contributed by atoms with Crippen molar-refractivity contribution in [2.24, 2.45) is 5.92 Å². The van der Waals surface area contributed by atoms with Crippen LogP contribution in [0.5, 0.6) is 0 Å². The fourth-order valence-electron chi connectivity index (χ4n) is 8.97. The van der Waals surface area contributed by atoms with Crippen molar-refractivity contribution in [3.8, 4) is 0 Å². The summed E-state index contributed by atoms with van der Waals surface area (Å²) in [5, 5.41) is 0. The first-order valence-electron chi connectivity index (χ1n) is 17.5. The number of piperidine rings is 1. The first-order valence-corrected chi connectivity index (χ1v) is 17.5. The number of nitrogens with zero attached hydrogens (tertiary/aromatic N) is 5. The number of ether oxygens (including phenoxy) is 1. The first kappa shape index (κ1) is 29.7. The van der Waals surface area contributed by atoms with E-state index in [9.17, 15) is 4.79 Å². The lowest BCUT2D eigenvalue weighted by Gasteiger charge is -2.41. The van der Waals surface area contributed by atoms with Crippen molar-refractivity contribution < 1.29 is 9.53 Å². The molecule has 0 spiro atoms. The van der Waals surface area contributed by atoms with Crippen molar-refractivity contribution in [3.05, 3.63) is 94.6 Å². The van der Waals surface area contributed by atoms with E-state index in [1.165, 1.54) is 60.2 Å². The molecule has 46 heavy (non-hydrogen) atoms. The van der Waals surface area contributed by atoms with Crippen LogP contribution < -0.4 is 4.48 Å². The molecule has 7 nitrogen and oxygen atoms in total. The fraction of sp³-hybridized carbons (Fsp3) is 0.462. The third-order valence-electron chi connectivity index (χ3n) is 11.2. The number of benzene rings is 2. The predicted octanol–water partition coefficient (Wildman–Crippen LogP) is 6.47. The zero-order valence-corrected chi connectivity index (χ0v) is 27.2. The highest BCUT2D eigenvalue weighted by molar-refractivity contribution is 6.09. The standard InChI is InChI=1S/C39H46N5O2/c1-28-24-41-32(25-40-28)27-44-26-31(39(45)43-17-15-33(16-18-43)42-19-21-46-22-20-42)23-30-11-5-6-12-34(30)38(44)37(29-9-3-2-4-10-29)35-13-7-8-14-36(35)44/h5-8,11-14,23-25,29,33H,2-4,9-10,15-22,26-27H2,1H3/q+1. The Labute approximate surface area is 273 Å². The minimum atomic E-state index is 0.188. The van der Waals surface area contributed by atoms with E-state index >= 15 is 0 Å². The van der Waals surface area contributed by atoms with Gasteiger partial charge in [0.05, 0.1) is 30.7 Å². The van der Waals surface area contributed by atoms with Gasteiger partial charge in [0.1, 0.15) is 24.5 Å². The number of carbonyl (C=O) groups excluding carboxylic acids is 1. The Balaban J connectivity index is 1.23. The molecular formula is C39H46N5O2+. The Kier molecular flexibility index (Phi) is 8.09. The van der Waals surface area contributed by atoms with Crippen molar-refractivity contribution in [3.63, 3.8) is 0 Å². The van der Waals surface area contributed by atoms with Gasteiger partial charge >= 0.3 is 0 Å². The van der Waals surface area contributed by atoms with Crippen molar-refractivity contribution in [2.75, 3.05) is 45.9 Å². The molecule has 0 radical (unpaired) electrons. The molecule has 2 aromatic carbocycles. The van der Waals surface area contributed by atoms with Crippen molar-refractivity contribution in [1.29, 1.82) is 0 Å². The minimum absolute atomic E-state index is 0.188. The van der Waals surface area contributed by atoms with Crippen molar-refractivity contribution in [1.82, 2.24) is 24.3 Å². The number of hydrogen-bond donors (Lipinski definition) is 0. The van der Waals surface area contributed by atoms with Gasteiger partial charge in [-0.2, -0.15) is 0 Å². The van der Waals surface area contributed by atoms with Crippen LogP contribution in [-0.4, -0.2) is 77.7 Å². The number of allylic oxidation sites excluding steroid dienone is 1. The summed E-state index contributed by atoms with van der Waals surface area (Å²) in [5.74, 6) is 0.700. The molecule has 8 rings (SSSR count). The van der Waals surface area contributed by atoms with E-state index < -0.39 is 0 Å². The van der Waals surface area contributed by atoms with Crippen LogP contribution in [0.25, 0.3) is 17.3 Å². The summed E-state index contributed by atoms with van der Waals surface area (Å²) in [6.07, 6.45) is 14.4. The van der Waals surface area contributed by atoms with Crippen LogP contribution in [0.3, 0.4) is 0 Å². The fourth-order valence-corrected chi connectivity index (χ4v) is 8.97. The number of carbonyl (C=O) groups is 1. The maximum absolute atomic E-state index is 14.7. The normalized spacial score (nSPS) is 24.2. The quantitative estimate of drug-likeness (QED) is 0.308. The topological polar surface area (TPSA) is 58.6 Å². The maximum Gasteiger partial charge on any atom is 0.255 e. The van der Waals surface area contributed by atoms with E-state index in [1.54, 1.807) is 0 Å². The highest BCUT2D eigenvalue weighted by Gasteiger charge is 2.51. The molecule has 5 heterocycles. The number of aromatic nitrogens is 2. The molecule has 2 saturated heterocycles. The summed E-state index contributed by atoms with van der Waals surface area (Å²) in [4.78, 5) is 29.0. The second-order valence-electron chi connectivity index (χ2n) is 14.0. The zero-order chi connectivity index (χ0) is 31.1. The monoisotopic (exact) mass is 616 g/mol. The Bertz CT molecular complexity index is 1660. The largest absolute Gasteiger partial charge is 0.379 e. The van der Waals surface area contributed by atoms with Gasteiger partial charge in [0, 0.05) is 61.2 Å². The van der Waals surface area contributed by atoms with Gasteiger partial charge < -0.3 is 9.64 Å². The summed E-state index contributed by atoms with van der Waals surface area (Å²) in [5.41, 5.74) is 10.7. The molecule has 238 valence electrons. The predicted molar refractivity (Wildman–Crippen MR) is 183 cm³/mol. The number of likely N-dealkylation sites (tertiary alicyclic amines) is 1. The molecule has 5 aliphatic rings. The third-order valence-corrected chi connectivity index (χ3v) is 11.2. The van der Waals surface area contributed by atoms with E-state index in [0.29, 0.717) is 29.5 Å². The van der Waals surface area contributed by atoms with Gasteiger partial charge in [0.25, 0.3) is 5.91 Å². The van der Waals surface area contributed by atoms with E-state index in [-0.39, 0.29) is 5.91 Å². The molecule has 3 aromatic rings. The molecule has 0 N–H and O–H groups in total. The van der Waals surface area contributed by atoms with Gasteiger partial charge in [-0.3, -0.25) is 19.7 Å². The molecule has 7 heteroatoms. The number of para-hydroxylation sites is 1. The van der Waals surface area contributed by atoms with Crippen LogP contribution >= 0.6 is 0 Å². The summed E-state index contributed by atoms with van der Waals surface area (Å²) in [6, 6.07) is 18.4. The summed E-state index contributed by atoms with van der Waals surface area (Å²) in [7, 11) is 0. The molecule has 1 saturated carbocycles. The number of hydrogen-bond acceptors (Lipinski definition) is 5. The van der Waals surface area contributed by atoms with E-state index in [0.717, 1.165) is 74.8 Å². The first-order chi connectivity index (χ1) is 22.6. The number of aryl methyl sites for hydroxylation is 1. The van der Waals surface area contributed by atoms with Gasteiger partial charge in [-0.15, -0.1) is 0 Å². The summed E-state index contributed by atoms with van der Waals surface area (Å²) in [6.45, 7) is 8.49. The average Bonchev–Trinajstić information content (AvgIpc) is 3.30.